The first-order valence-corrected chi connectivity index (χ1v) is 12.1. The van der Waals surface area contributed by atoms with E-state index in [1.807, 2.05) is 30.3 Å². The van der Waals surface area contributed by atoms with Gasteiger partial charge in [0.2, 0.25) is 0 Å². The van der Waals surface area contributed by atoms with Gasteiger partial charge in [-0.1, -0.05) is 37.1 Å². The summed E-state index contributed by atoms with van der Waals surface area (Å²) in [4.78, 5) is 29.8. The standard InChI is InChI=1S/C25H24F3N3O3S/c26-25(27,28)17-8-6-7-16(13-17)23(32)30-19-11-4-5-12-20(19)31-24(33)21-15-35-22(29-21)14-34-18-9-2-1-3-10-18/h1-3,6-10,13,15,19-20H,4-5,11-12,14H2,(H,30,32)(H,31,33)/t19-,20-/m0/s1. The number of alkyl halides is 3. The fraction of sp³-hybridized carbons (Fsp3) is 0.320. The first kappa shape index (κ1) is 24.7. The molecular formula is C25H24F3N3O3S. The number of nitrogens with one attached hydrogen (secondary N) is 2. The van der Waals surface area contributed by atoms with Gasteiger partial charge in [-0.05, 0) is 43.2 Å². The minimum absolute atomic E-state index is 0.0713. The summed E-state index contributed by atoms with van der Waals surface area (Å²) >= 11 is 1.31. The van der Waals surface area contributed by atoms with E-state index in [0.717, 1.165) is 25.0 Å². The molecular weight excluding hydrogens is 479 g/mol. The number of carbonyl (C=O) groups is 2. The average molecular weight is 504 g/mol. The molecule has 2 N–H and O–H groups in total. The maximum Gasteiger partial charge on any atom is 0.416 e. The number of ether oxygens (including phenoxy) is 1. The number of hydrogen-bond donors (Lipinski definition) is 2. The van der Waals surface area contributed by atoms with Crippen molar-refractivity contribution in [2.24, 2.45) is 0 Å². The molecule has 0 bridgehead atoms. The fourth-order valence-electron chi connectivity index (χ4n) is 3.95. The Bertz CT molecular complexity index is 1170. The summed E-state index contributed by atoms with van der Waals surface area (Å²) in [7, 11) is 0. The maximum atomic E-state index is 13.0. The number of carbonyl (C=O) groups excluding carboxylic acids is 2. The van der Waals surface area contributed by atoms with E-state index in [1.54, 1.807) is 5.38 Å². The van der Waals surface area contributed by atoms with Crippen molar-refractivity contribution in [2.75, 3.05) is 0 Å². The summed E-state index contributed by atoms with van der Waals surface area (Å²) in [6.07, 6.45) is -1.56. The van der Waals surface area contributed by atoms with Crippen LogP contribution in [0, 0.1) is 0 Å². The molecule has 0 spiro atoms. The molecule has 1 heterocycles. The third kappa shape index (κ3) is 6.60. The highest BCUT2D eigenvalue weighted by atomic mass is 32.1. The number of hydrogen-bond acceptors (Lipinski definition) is 5. The molecule has 0 radical (unpaired) electrons. The van der Waals surface area contributed by atoms with E-state index in [-0.39, 0.29) is 29.8 Å². The number of nitrogens with zero attached hydrogens (tertiary/aromatic N) is 1. The highest BCUT2D eigenvalue weighted by Crippen LogP contribution is 2.29. The van der Waals surface area contributed by atoms with Gasteiger partial charge in [0.05, 0.1) is 5.56 Å². The predicted octanol–water partition coefficient (Wildman–Crippen LogP) is 5.21. The van der Waals surface area contributed by atoms with Gasteiger partial charge in [0.1, 0.15) is 23.1 Å². The van der Waals surface area contributed by atoms with Crippen molar-refractivity contribution >= 4 is 23.2 Å². The van der Waals surface area contributed by atoms with Crippen LogP contribution >= 0.6 is 11.3 Å². The second-order valence-electron chi connectivity index (χ2n) is 8.25. The number of aromatic nitrogens is 1. The summed E-state index contributed by atoms with van der Waals surface area (Å²) in [5.74, 6) is -0.260. The Kier molecular flexibility index (Phi) is 7.70. The third-order valence-electron chi connectivity index (χ3n) is 5.74. The summed E-state index contributed by atoms with van der Waals surface area (Å²) < 4.78 is 44.7. The molecule has 4 rings (SSSR count). The SMILES string of the molecule is O=C(N[C@H]1CCCC[C@@H]1NC(=O)c1csc(COc2ccccc2)n1)c1cccc(C(F)(F)F)c1. The lowest BCUT2D eigenvalue weighted by Gasteiger charge is -2.32. The first-order chi connectivity index (χ1) is 16.8. The van der Waals surface area contributed by atoms with Crippen molar-refractivity contribution < 1.29 is 27.5 Å². The minimum atomic E-state index is -4.53. The Balaban J connectivity index is 1.36. The van der Waals surface area contributed by atoms with Crippen LogP contribution in [0.15, 0.2) is 60.0 Å². The Hall–Kier alpha value is -3.40. The van der Waals surface area contributed by atoms with E-state index >= 15 is 0 Å². The monoisotopic (exact) mass is 503 g/mol. The molecule has 0 saturated heterocycles. The normalized spacial score (nSPS) is 18.0. The molecule has 2 aromatic carbocycles. The van der Waals surface area contributed by atoms with Gasteiger partial charge in [-0.2, -0.15) is 13.2 Å². The molecule has 1 saturated carbocycles. The lowest BCUT2D eigenvalue weighted by Crippen LogP contribution is -2.53. The van der Waals surface area contributed by atoms with Crippen molar-refractivity contribution in [2.45, 2.75) is 50.6 Å². The van der Waals surface area contributed by atoms with Gasteiger partial charge in [-0.3, -0.25) is 9.59 Å². The van der Waals surface area contributed by atoms with E-state index in [2.05, 4.69) is 15.6 Å². The molecule has 3 aromatic rings. The number of halogens is 3. The molecule has 1 aromatic heterocycles. The average Bonchev–Trinajstić information content (AvgIpc) is 3.33. The molecule has 1 fully saturated rings. The zero-order valence-corrected chi connectivity index (χ0v) is 19.5. The van der Waals surface area contributed by atoms with Gasteiger partial charge in [0.25, 0.3) is 11.8 Å². The Labute approximate surface area is 204 Å². The summed E-state index contributed by atoms with van der Waals surface area (Å²) in [5.41, 5.74) is -0.692. The van der Waals surface area contributed by atoms with Gasteiger partial charge < -0.3 is 15.4 Å². The Morgan fingerprint density at radius 2 is 1.66 bits per heavy atom. The number of para-hydroxylation sites is 1. The third-order valence-corrected chi connectivity index (χ3v) is 6.56. The number of rotatable bonds is 7. The largest absolute Gasteiger partial charge is 0.486 e. The van der Waals surface area contributed by atoms with Crippen molar-refractivity contribution in [3.8, 4) is 5.75 Å². The maximum absolute atomic E-state index is 13.0. The quantitative estimate of drug-likeness (QED) is 0.464. The number of thiazole rings is 1. The van der Waals surface area contributed by atoms with Crippen molar-refractivity contribution in [1.82, 2.24) is 15.6 Å². The molecule has 1 aliphatic carbocycles. The van der Waals surface area contributed by atoms with E-state index in [0.29, 0.717) is 23.6 Å². The van der Waals surface area contributed by atoms with Gasteiger partial charge in [-0.15, -0.1) is 11.3 Å². The van der Waals surface area contributed by atoms with Crippen LogP contribution in [0.2, 0.25) is 0 Å². The fourth-order valence-corrected chi connectivity index (χ4v) is 4.64. The van der Waals surface area contributed by atoms with Crippen LogP contribution in [0.5, 0.6) is 5.75 Å². The van der Waals surface area contributed by atoms with E-state index in [4.69, 9.17) is 4.74 Å². The number of amides is 2. The van der Waals surface area contributed by atoms with Gasteiger partial charge in [-0.25, -0.2) is 4.98 Å². The molecule has 0 unspecified atom stereocenters. The summed E-state index contributed by atoms with van der Waals surface area (Å²) in [5, 5.41) is 8.04. The Morgan fingerprint density at radius 1 is 0.971 bits per heavy atom. The zero-order valence-electron chi connectivity index (χ0n) is 18.7. The molecule has 2 atom stereocenters. The molecule has 6 nitrogen and oxygen atoms in total. The highest BCUT2D eigenvalue weighted by Gasteiger charge is 2.32. The van der Waals surface area contributed by atoms with Gasteiger partial charge >= 0.3 is 6.18 Å². The van der Waals surface area contributed by atoms with E-state index in [9.17, 15) is 22.8 Å². The molecule has 1 aliphatic rings. The van der Waals surface area contributed by atoms with Crippen LogP contribution < -0.4 is 15.4 Å². The van der Waals surface area contributed by atoms with Crippen LogP contribution in [0.3, 0.4) is 0 Å². The Morgan fingerprint density at radius 3 is 2.34 bits per heavy atom. The lowest BCUT2D eigenvalue weighted by atomic mass is 9.90. The van der Waals surface area contributed by atoms with Crippen LogP contribution in [0.4, 0.5) is 13.2 Å². The summed E-state index contributed by atoms with van der Waals surface area (Å²) in [6, 6.07) is 12.8. The zero-order chi connectivity index (χ0) is 24.8. The van der Waals surface area contributed by atoms with Crippen LogP contribution in [0.1, 0.15) is 57.1 Å². The second-order valence-corrected chi connectivity index (χ2v) is 9.19. The molecule has 0 aliphatic heterocycles. The van der Waals surface area contributed by atoms with Crippen molar-refractivity contribution in [3.05, 3.63) is 81.8 Å². The highest BCUT2D eigenvalue weighted by molar-refractivity contribution is 7.09. The minimum Gasteiger partial charge on any atom is -0.486 e. The van der Waals surface area contributed by atoms with Crippen LogP contribution in [-0.4, -0.2) is 28.9 Å². The molecule has 2 amide bonds. The van der Waals surface area contributed by atoms with Crippen molar-refractivity contribution in [1.29, 1.82) is 0 Å². The lowest BCUT2D eigenvalue weighted by molar-refractivity contribution is -0.137. The smallest absolute Gasteiger partial charge is 0.416 e. The first-order valence-electron chi connectivity index (χ1n) is 11.2. The number of benzene rings is 2. The second kappa shape index (κ2) is 10.9. The van der Waals surface area contributed by atoms with Crippen LogP contribution in [-0.2, 0) is 12.8 Å². The molecule has 35 heavy (non-hydrogen) atoms. The van der Waals surface area contributed by atoms with Gasteiger partial charge in [0.15, 0.2) is 0 Å². The van der Waals surface area contributed by atoms with Crippen LogP contribution in [0.25, 0.3) is 0 Å². The summed E-state index contributed by atoms with van der Waals surface area (Å²) in [6.45, 7) is 0.237. The van der Waals surface area contributed by atoms with E-state index in [1.165, 1.54) is 23.5 Å². The van der Waals surface area contributed by atoms with Gasteiger partial charge in [0, 0.05) is 23.0 Å². The molecule has 184 valence electrons. The van der Waals surface area contributed by atoms with E-state index < -0.39 is 23.7 Å². The topological polar surface area (TPSA) is 80.3 Å². The predicted molar refractivity (Wildman–Crippen MR) is 125 cm³/mol. The molecule has 10 heteroatoms. The van der Waals surface area contributed by atoms with Crippen molar-refractivity contribution in [3.63, 3.8) is 0 Å².